The first-order valence-corrected chi connectivity index (χ1v) is 15.9. The van der Waals surface area contributed by atoms with E-state index < -0.39 is 0 Å². The first kappa shape index (κ1) is 31.4. The number of aliphatic hydroxyl groups excluding tert-OH is 1. The van der Waals surface area contributed by atoms with Crippen LogP contribution in [0.4, 0.5) is 11.5 Å². The molecule has 1 saturated heterocycles. The van der Waals surface area contributed by atoms with Crippen LogP contribution in [0.5, 0.6) is 5.75 Å². The molecule has 2 aliphatic rings. The van der Waals surface area contributed by atoms with Crippen LogP contribution in [0.3, 0.4) is 0 Å². The molecule has 1 aliphatic carbocycles. The fourth-order valence-electron chi connectivity index (χ4n) is 6.32. The predicted molar refractivity (Wildman–Crippen MR) is 173 cm³/mol. The van der Waals surface area contributed by atoms with E-state index in [1.165, 1.54) is 32.1 Å². The van der Waals surface area contributed by atoms with Crippen molar-refractivity contribution in [3.63, 3.8) is 0 Å². The number of anilines is 2. The smallest absolute Gasteiger partial charge is 0.143 e. The van der Waals surface area contributed by atoms with Crippen LogP contribution in [0.1, 0.15) is 89.3 Å². The number of piperidine rings is 1. The Morgan fingerprint density at radius 3 is 2.39 bits per heavy atom. The summed E-state index contributed by atoms with van der Waals surface area (Å²) < 4.78 is 6.61. The van der Waals surface area contributed by atoms with Gasteiger partial charge in [0.05, 0.1) is 17.9 Å². The predicted octanol–water partition coefficient (Wildman–Crippen LogP) is 7.66. The van der Waals surface area contributed by atoms with Gasteiger partial charge in [0.15, 0.2) is 0 Å². The van der Waals surface area contributed by atoms with Crippen molar-refractivity contribution in [3.05, 3.63) is 53.7 Å². The molecule has 0 bridgehead atoms. The van der Waals surface area contributed by atoms with Crippen LogP contribution in [0.25, 0.3) is 5.70 Å². The number of nitrogens with zero attached hydrogens (tertiary/aromatic N) is 2. The first-order chi connectivity index (χ1) is 19.6. The molecule has 0 radical (unpaired) electrons. The number of nitrogens with one attached hydrogen (secondary N) is 2. The number of likely N-dealkylation sites (tertiary alicyclic amines) is 1. The summed E-state index contributed by atoms with van der Waals surface area (Å²) in [5, 5.41) is 18.1. The van der Waals surface area contributed by atoms with Gasteiger partial charge in [-0.1, -0.05) is 38.8 Å². The number of rotatable bonds is 14. The van der Waals surface area contributed by atoms with Crippen LogP contribution in [0.15, 0.2) is 37.0 Å². The molecule has 0 amide bonds. The zero-order valence-electron chi connectivity index (χ0n) is 26.4. The molecule has 2 heterocycles. The minimum atomic E-state index is -0.350. The molecule has 41 heavy (non-hydrogen) atoms. The van der Waals surface area contributed by atoms with Crippen LogP contribution in [-0.2, 0) is 0 Å². The van der Waals surface area contributed by atoms with Crippen molar-refractivity contribution in [1.82, 2.24) is 9.88 Å². The van der Waals surface area contributed by atoms with Crippen molar-refractivity contribution < 1.29 is 9.84 Å². The van der Waals surface area contributed by atoms with Crippen LogP contribution in [-0.4, -0.2) is 52.9 Å². The van der Waals surface area contributed by atoms with Crippen molar-refractivity contribution >= 4 is 17.2 Å². The van der Waals surface area contributed by atoms with E-state index in [0.29, 0.717) is 24.3 Å². The summed E-state index contributed by atoms with van der Waals surface area (Å²) in [6, 6.07) is 8.92. The average molecular weight is 563 g/mol. The lowest BCUT2D eigenvalue weighted by atomic mass is 9.74. The highest BCUT2D eigenvalue weighted by Gasteiger charge is 2.27. The summed E-state index contributed by atoms with van der Waals surface area (Å²) in [6.45, 7) is 20.7. The van der Waals surface area contributed by atoms with Crippen molar-refractivity contribution in [2.24, 2.45) is 17.8 Å². The highest BCUT2D eigenvalue weighted by atomic mass is 16.5. The summed E-state index contributed by atoms with van der Waals surface area (Å²) in [7, 11) is 0. The molecule has 1 saturated carbocycles. The summed E-state index contributed by atoms with van der Waals surface area (Å²) >= 11 is 0. The molecule has 1 aromatic heterocycles. The van der Waals surface area contributed by atoms with E-state index in [4.69, 9.17) is 4.74 Å². The van der Waals surface area contributed by atoms with Crippen LogP contribution >= 0.6 is 0 Å². The Labute approximate surface area is 249 Å². The van der Waals surface area contributed by atoms with Crippen LogP contribution in [0.2, 0.25) is 0 Å². The van der Waals surface area contributed by atoms with Gasteiger partial charge in [0.1, 0.15) is 11.6 Å². The SMILES string of the molecule is C=C(Nc1ccc(C)cn1)c1cc(C)cc(OC(C)CC(O)CC(C)C2CCC2)c1NCC1CCN(C(C)C)CC1. The molecule has 3 atom stereocenters. The van der Waals surface area contributed by atoms with Crippen LogP contribution < -0.4 is 15.4 Å². The maximum absolute atomic E-state index is 10.9. The summed E-state index contributed by atoms with van der Waals surface area (Å²) in [5.74, 6) is 3.56. The van der Waals surface area contributed by atoms with Gasteiger partial charge in [-0.05, 0) is 114 Å². The first-order valence-electron chi connectivity index (χ1n) is 15.9. The summed E-state index contributed by atoms with van der Waals surface area (Å²) in [6.07, 6.45) is 9.23. The normalized spacial score (nSPS) is 18.9. The molecular formula is C35H54N4O2. The third-order valence-electron chi connectivity index (χ3n) is 9.24. The van der Waals surface area contributed by atoms with Gasteiger partial charge in [0, 0.05) is 36.5 Å². The molecule has 1 aliphatic heterocycles. The van der Waals surface area contributed by atoms with Crippen molar-refractivity contribution in [2.75, 3.05) is 30.3 Å². The number of aliphatic hydroxyl groups is 1. The fraction of sp³-hybridized carbons (Fsp3) is 0.629. The minimum absolute atomic E-state index is 0.108. The molecule has 6 nitrogen and oxygen atoms in total. The Bertz CT molecular complexity index is 1120. The number of hydrogen-bond acceptors (Lipinski definition) is 6. The third kappa shape index (κ3) is 8.96. The molecule has 1 aromatic carbocycles. The summed E-state index contributed by atoms with van der Waals surface area (Å²) in [4.78, 5) is 7.10. The van der Waals surface area contributed by atoms with E-state index in [1.807, 2.05) is 19.2 Å². The molecule has 3 unspecified atom stereocenters. The molecule has 0 spiro atoms. The van der Waals surface area contributed by atoms with Crippen molar-refractivity contribution in [2.45, 2.75) is 105 Å². The minimum Gasteiger partial charge on any atom is -0.488 e. The maximum atomic E-state index is 10.9. The summed E-state index contributed by atoms with van der Waals surface area (Å²) in [5.41, 5.74) is 4.98. The van der Waals surface area contributed by atoms with Gasteiger partial charge in [0.2, 0.25) is 0 Å². The Balaban J connectivity index is 1.49. The van der Waals surface area contributed by atoms with Gasteiger partial charge >= 0.3 is 0 Å². The van der Waals surface area contributed by atoms with Crippen molar-refractivity contribution in [3.8, 4) is 5.75 Å². The van der Waals surface area contributed by atoms with E-state index in [9.17, 15) is 5.11 Å². The van der Waals surface area contributed by atoms with Gasteiger partial charge in [-0.3, -0.25) is 0 Å². The van der Waals surface area contributed by atoms with Gasteiger partial charge in [-0.2, -0.15) is 0 Å². The van der Waals surface area contributed by atoms with Crippen molar-refractivity contribution in [1.29, 1.82) is 0 Å². The van der Waals surface area contributed by atoms with Crippen LogP contribution in [0, 0.1) is 31.6 Å². The quantitative estimate of drug-likeness (QED) is 0.220. The largest absolute Gasteiger partial charge is 0.488 e. The van der Waals surface area contributed by atoms with E-state index in [-0.39, 0.29) is 12.2 Å². The number of pyridine rings is 1. The highest BCUT2D eigenvalue weighted by Crippen LogP contribution is 2.38. The lowest BCUT2D eigenvalue weighted by Crippen LogP contribution is -2.39. The van der Waals surface area contributed by atoms with E-state index in [2.05, 4.69) is 79.9 Å². The van der Waals surface area contributed by atoms with Gasteiger partial charge in [0.25, 0.3) is 0 Å². The zero-order chi connectivity index (χ0) is 29.5. The Kier molecular flexibility index (Phi) is 11.1. The number of benzene rings is 1. The number of ether oxygens (including phenoxy) is 1. The molecular weight excluding hydrogens is 508 g/mol. The number of hydrogen-bond donors (Lipinski definition) is 3. The van der Waals surface area contributed by atoms with E-state index >= 15 is 0 Å². The average Bonchev–Trinajstić information content (AvgIpc) is 2.88. The fourth-order valence-corrected chi connectivity index (χ4v) is 6.32. The van der Waals surface area contributed by atoms with Gasteiger partial charge in [-0.25, -0.2) is 4.98 Å². The Hall–Kier alpha value is -2.57. The standard InChI is InChI=1S/C35H54N4O2/c1-23(2)39-15-13-29(14-16-39)22-37-35-32(28(7)38-34-12-11-24(3)21-36-34)17-25(4)18-33(35)41-27(6)20-31(40)19-26(5)30-9-8-10-30/h11-12,17-18,21,23,26-27,29-31,37,40H,7-10,13-16,19-20,22H2,1-6H3,(H,36,38). The molecule has 226 valence electrons. The molecule has 4 rings (SSSR count). The van der Waals surface area contributed by atoms with E-state index in [0.717, 1.165) is 71.6 Å². The Morgan fingerprint density at radius 1 is 1.05 bits per heavy atom. The zero-order valence-corrected chi connectivity index (χ0v) is 26.4. The molecule has 6 heteroatoms. The topological polar surface area (TPSA) is 69.7 Å². The second-order valence-electron chi connectivity index (χ2n) is 13.2. The molecule has 2 aromatic rings. The number of aromatic nitrogens is 1. The molecule has 2 fully saturated rings. The van der Waals surface area contributed by atoms with Gasteiger partial charge < -0.3 is 25.4 Å². The Morgan fingerprint density at radius 2 is 1.78 bits per heavy atom. The monoisotopic (exact) mass is 562 g/mol. The lowest BCUT2D eigenvalue weighted by Gasteiger charge is -2.35. The second-order valence-corrected chi connectivity index (χ2v) is 13.2. The highest BCUT2D eigenvalue weighted by molar-refractivity contribution is 5.84. The lowest BCUT2D eigenvalue weighted by molar-refractivity contribution is 0.0673. The number of aryl methyl sites for hydroxylation is 2. The van der Waals surface area contributed by atoms with E-state index in [1.54, 1.807) is 0 Å². The van der Waals surface area contributed by atoms with Gasteiger partial charge in [-0.15, -0.1) is 0 Å². The molecule has 3 N–H and O–H groups in total. The maximum Gasteiger partial charge on any atom is 0.143 e. The second kappa shape index (κ2) is 14.6. The third-order valence-corrected chi connectivity index (χ3v) is 9.24.